The Hall–Kier alpha value is -0.910. The second-order valence-corrected chi connectivity index (χ2v) is 14.8. The van der Waals surface area contributed by atoms with Crippen LogP contribution in [0.25, 0.3) is 0 Å². The molecular formula is C27H45F3N4O3S. The summed E-state index contributed by atoms with van der Waals surface area (Å²) in [5.41, 5.74) is 2.67. The third kappa shape index (κ3) is 6.20. The molecule has 5 aliphatic rings. The van der Waals surface area contributed by atoms with E-state index in [2.05, 4.69) is 12.3 Å². The molecule has 4 unspecified atom stereocenters. The molecule has 1 N–H and O–H groups in total. The van der Waals surface area contributed by atoms with Gasteiger partial charge in [0.25, 0.3) is 0 Å². The number of amides is 1. The zero-order valence-electron chi connectivity index (χ0n) is 22.7. The van der Waals surface area contributed by atoms with Gasteiger partial charge in [0.15, 0.2) is 0 Å². The van der Waals surface area contributed by atoms with Gasteiger partial charge in [0, 0.05) is 38.8 Å². The zero-order valence-corrected chi connectivity index (χ0v) is 23.5. The number of alkyl halides is 3. The number of carbonyl (C=O) groups excluding carboxylic acids is 1. The molecule has 1 saturated carbocycles. The first kappa shape index (κ1) is 28.6. The van der Waals surface area contributed by atoms with E-state index in [0.29, 0.717) is 45.1 Å². The van der Waals surface area contributed by atoms with Gasteiger partial charge in [-0.2, -0.15) is 13.2 Å². The average Bonchev–Trinajstić information content (AvgIpc) is 3.29. The number of carbonyl (C=O) groups is 1. The van der Waals surface area contributed by atoms with Crippen molar-refractivity contribution in [1.29, 1.82) is 0 Å². The van der Waals surface area contributed by atoms with Crippen molar-refractivity contribution in [2.45, 2.75) is 95.8 Å². The Labute approximate surface area is 225 Å². The fraction of sp³-hybridized carbons (Fsp3) is 0.963. The lowest BCUT2D eigenvalue weighted by Gasteiger charge is -2.43. The Bertz CT molecular complexity index is 926. The van der Waals surface area contributed by atoms with Gasteiger partial charge in [-0.3, -0.25) is 4.79 Å². The van der Waals surface area contributed by atoms with Gasteiger partial charge in [-0.1, -0.05) is 26.2 Å². The lowest BCUT2D eigenvalue weighted by molar-refractivity contribution is -0.172. The number of fused-ring (bicyclic) bond motifs is 1. The number of hydrogen-bond donors (Lipinski definition) is 1. The lowest BCUT2D eigenvalue weighted by atomic mass is 9.74. The van der Waals surface area contributed by atoms with Crippen LogP contribution >= 0.6 is 0 Å². The molecule has 0 aromatic carbocycles. The quantitative estimate of drug-likeness (QED) is 0.548. The minimum absolute atomic E-state index is 0.213. The molecule has 0 bridgehead atoms. The van der Waals surface area contributed by atoms with E-state index in [1.54, 1.807) is 14.2 Å². The topological polar surface area (TPSA) is 73.0 Å². The molecule has 4 saturated heterocycles. The number of likely N-dealkylation sites (tertiary alicyclic amines) is 1. The summed E-state index contributed by atoms with van der Waals surface area (Å²) in [4.78, 5) is 15.2. The zero-order chi connectivity index (χ0) is 27.1. The summed E-state index contributed by atoms with van der Waals surface area (Å²) in [5.74, 6) is 0.0316. The van der Waals surface area contributed by atoms with Gasteiger partial charge in [0.2, 0.25) is 15.9 Å². The molecule has 4 aliphatic heterocycles. The molecule has 0 spiro atoms. The van der Waals surface area contributed by atoms with Gasteiger partial charge in [0.05, 0.1) is 11.7 Å². The van der Waals surface area contributed by atoms with Gasteiger partial charge in [-0.25, -0.2) is 23.2 Å². The number of nitrogens with one attached hydrogen (secondary N) is 1. The van der Waals surface area contributed by atoms with Crippen LogP contribution in [0.1, 0.15) is 77.6 Å². The normalized spacial score (nSPS) is 33.9. The molecule has 0 aromatic heterocycles. The van der Waals surface area contributed by atoms with E-state index in [0.717, 1.165) is 57.8 Å². The summed E-state index contributed by atoms with van der Waals surface area (Å²) < 4.78 is 70.1. The van der Waals surface area contributed by atoms with Crippen LogP contribution in [0, 0.1) is 29.6 Å². The summed E-state index contributed by atoms with van der Waals surface area (Å²) in [6.07, 6.45) is 5.44. The first-order chi connectivity index (χ1) is 18.0. The van der Waals surface area contributed by atoms with E-state index in [-0.39, 0.29) is 29.4 Å². The number of halogens is 3. The van der Waals surface area contributed by atoms with Crippen LogP contribution < -0.4 is 5.43 Å². The summed E-state index contributed by atoms with van der Waals surface area (Å²) in [5, 5.41) is 1.69. The highest BCUT2D eigenvalue weighted by Crippen LogP contribution is 2.44. The second kappa shape index (κ2) is 11.5. The summed E-state index contributed by atoms with van der Waals surface area (Å²) in [7, 11) is -3.27. The monoisotopic (exact) mass is 562 g/mol. The predicted molar refractivity (Wildman–Crippen MR) is 139 cm³/mol. The summed E-state index contributed by atoms with van der Waals surface area (Å²) >= 11 is 0. The smallest absolute Gasteiger partial charge is 0.342 e. The molecule has 5 rings (SSSR count). The average molecular weight is 563 g/mol. The van der Waals surface area contributed by atoms with Crippen molar-refractivity contribution in [2.24, 2.45) is 29.6 Å². The molecule has 4 heterocycles. The highest BCUT2D eigenvalue weighted by molar-refractivity contribution is 7.89. The third-order valence-corrected chi connectivity index (χ3v) is 12.3. The molecule has 0 radical (unpaired) electrons. The molecule has 5 fully saturated rings. The van der Waals surface area contributed by atoms with Crippen molar-refractivity contribution in [3.63, 3.8) is 0 Å². The van der Waals surface area contributed by atoms with E-state index in [4.69, 9.17) is 0 Å². The maximum atomic E-state index is 14.1. The van der Waals surface area contributed by atoms with E-state index < -0.39 is 34.2 Å². The van der Waals surface area contributed by atoms with Gasteiger partial charge < -0.3 is 4.90 Å². The molecular weight excluding hydrogens is 517 g/mol. The number of sulfonamides is 1. The minimum Gasteiger partial charge on any atom is -0.342 e. The van der Waals surface area contributed by atoms with Gasteiger partial charge in [0.1, 0.15) is 6.04 Å². The molecule has 7 nitrogen and oxygen atoms in total. The Morgan fingerprint density at radius 1 is 0.868 bits per heavy atom. The van der Waals surface area contributed by atoms with Crippen LogP contribution in [-0.4, -0.2) is 85.3 Å². The fourth-order valence-corrected chi connectivity index (χ4v) is 9.75. The first-order valence-corrected chi connectivity index (χ1v) is 16.5. The van der Waals surface area contributed by atoms with Crippen LogP contribution in [-0.2, 0) is 14.8 Å². The molecule has 218 valence electrons. The van der Waals surface area contributed by atoms with Crippen molar-refractivity contribution < 1.29 is 26.4 Å². The molecule has 4 atom stereocenters. The van der Waals surface area contributed by atoms with Crippen LogP contribution in [0.4, 0.5) is 13.2 Å². The number of hydrazine groups is 1. The minimum atomic E-state index is -4.49. The Balaban J connectivity index is 1.21. The second-order valence-electron chi connectivity index (χ2n) is 12.7. The maximum absolute atomic E-state index is 14.1. The molecule has 1 aliphatic carbocycles. The molecule has 0 aromatic rings. The van der Waals surface area contributed by atoms with E-state index >= 15 is 0 Å². The number of rotatable bonds is 5. The number of nitrogens with zero attached hydrogens (tertiary/aromatic N) is 3. The van der Waals surface area contributed by atoms with Crippen LogP contribution in [0.5, 0.6) is 0 Å². The highest BCUT2D eigenvalue weighted by atomic mass is 32.2. The summed E-state index contributed by atoms with van der Waals surface area (Å²) in [6, 6.07) is -2.31. The largest absolute Gasteiger partial charge is 0.406 e. The highest BCUT2D eigenvalue weighted by Gasteiger charge is 2.59. The fourth-order valence-electron chi connectivity index (χ4n) is 7.84. The number of piperidine rings is 3. The van der Waals surface area contributed by atoms with E-state index in [1.807, 2.05) is 0 Å². The Kier molecular flexibility index (Phi) is 8.68. The van der Waals surface area contributed by atoms with Crippen molar-refractivity contribution in [3.8, 4) is 0 Å². The Morgan fingerprint density at radius 2 is 1.50 bits per heavy atom. The lowest BCUT2D eigenvalue weighted by Crippen LogP contribution is -2.52. The van der Waals surface area contributed by atoms with Gasteiger partial charge in [-0.05, 0) is 75.0 Å². The van der Waals surface area contributed by atoms with Crippen molar-refractivity contribution in [1.82, 2.24) is 19.6 Å². The SMILES string of the molecule is CC1CCN(C(=O)C2C3CC(C4CCN(S(=O)(=O)CC5CCCCC5)CC4)CCN3NC2C(F)(F)F)CC1. The van der Waals surface area contributed by atoms with Crippen LogP contribution in [0.2, 0.25) is 0 Å². The van der Waals surface area contributed by atoms with Gasteiger partial charge >= 0.3 is 6.18 Å². The first-order valence-electron chi connectivity index (χ1n) is 14.9. The van der Waals surface area contributed by atoms with Crippen molar-refractivity contribution >= 4 is 15.9 Å². The third-order valence-electron chi connectivity index (χ3n) is 10.2. The number of hydrogen-bond acceptors (Lipinski definition) is 5. The standard InChI is InChI=1S/C27H45F3N4O3S/c1-19-7-12-32(13-8-19)26(35)24-23-17-22(11-16-34(23)31-25(24)27(28,29)30)21-9-14-33(15-10-21)38(36,37)18-20-5-3-2-4-6-20/h19-25,31H,2-18H2,1H3. The van der Waals surface area contributed by atoms with Crippen LogP contribution in [0.3, 0.4) is 0 Å². The maximum Gasteiger partial charge on any atom is 0.406 e. The predicted octanol–water partition coefficient (Wildman–Crippen LogP) is 4.01. The van der Waals surface area contributed by atoms with Crippen molar-refractivity contribution in [2.75, 3.05) is 38.5 Å². The Morgan fingerprint density at radius 3 is 2.13 bits per heavy atom. The van der Waals surface area contributed by atoms with E-state index in [1.165, 1.54) is 6.42 Å². The van der Waals surface area contributed by atoms with Crippen molar-refractivity contribution in [3.05, 3.63) is 0 Å². The molecule has 1 amide bonds. The van der Waals surface area contributed by atoms with Crippen LogP contribution in [0.15, 0.2) is 0 Å². The molecule has 11 heteroatoms. The molecule has 38 heavy (non-hydrogen) atoms. The van der Waals surface area contributed by atoms with E-state index in [9.17, 15) is 26.4 Å². The van der Waals surface area contributed by atoms with Gasteiger partial charge in [-0.15, -0.1) is 0 Å². The summed E-state index contributed by atoms with van der Waals surface area (Å²) in [6.45, 7) is 4.68.